The van der Waals surface area contributed by atoms with Crippen LogP contribution in [0.3, 0.4) is 0 Å². The van der Waals surface area contributed by atoms with Gasteiger partial charge in [0, 0.05) is 56.5 Å². The zero-order valence-electron chi connectivity index (χ0n) is 16.1. The molecule has 2 aliphatic heterocycles. The van der Waals surface area contributed by atoms with Crippen LogP contribution in [-0.2, 0) is 20.0 Å². The Balaban J connectivity index is 1.41. The maximum atomic E-state index is 13.2. The van der Waals surface area contributed by atoms with Crippen LogP contribution in [-0.4, -0.2) is 55.6 Å². The van der Waals surface area contributed by atoms with E-state index in [1.807, 2.05) is 24.2 Å². The number of fused-ring (bicyclic) bond motifs is 1. The highest BCUT2D eigenvalue weighted by Gasteiger charge is 2.35. The summed E-state index contributed by atoms with van der Waals surface area (Å²) in [6.07, 6.45) is 7.22. The Morgan fingerprint density at radius 3 is 2.85 bits per heavy atom. The second-order valence-corrected chi connectivity index (χ2v) is 8.20. The fourth-order valence-corrected chi connectivity index (χ4v) is 4.33. The molecule has 0 aromatic carbocycles. The van der Waals surface area contributed by atoms with E-state index in [2.05, 4.69) is 22.0 Å². The minimum atomic E-state index is -0.0262. The molecule has 1 atom stereocenters. The van der Waals surface area contributed by atoms with Gasteiger partial charge < -0.3 is 9.80 Å². The molecule has 4 heterocycles. The Morgan fingerprint density at radius 2 is 2.04 bits per heavy atom. The Kier molecular flexibility index (Phi) is 4.00. The van der Waals surface area contributed by atoms with E-state index in [-0.39, 0.29) is 11.9 Å². The molecule has 5 rings (SSSR count). The Labute approximate surface area is 159 Å². The van der Waals surface area contributed by atoms with Crippen molar-refractivity contribution >= 4 is 5.91 Å². The van der Waals surface area contributed by atoms with Crippen LogP contribution in [0.4, 0.5) is 0 Å². The molecule has 7 nitrogen and oxygen atoms in total. The number of amides is 1. The molecule has 2 aromatic heterocycles. The van der Waals surface area contributed by atoms with Gasteiger partial charge in [0.25, 0.3) is 5.91 Å². The highest BCUT2D eigenvalue weighted by atomic mass is 16.2. The highest BCUT2D eigenvalue weighted by Crippen LogP contribution is 2.40. The van der Waals surface area contributed by atoms with Gasteiger partial charge in [0.05, 0.1) is 11.7 Å². The maximum absolute atomic E-state index is 13.2. The van der Waals surface area contributed by atoms with Crippen molar-refractivity contribution in [1.82, 2.24) is 29.5 Å². The van der Waals surface area contributed by atoms with Gasteiger partial charge in [0.2, 0.25) is 0 Å². The molecule has 27 heavy (non-hydrogen) atoms. The van der Waals surface area contributed by atoms with E-state index >= 15 is 0 Å². The van der Waals surface area contributed by atoms with E-state index < -0.39 is 0 Å². The molecule has 1 aliphatic carbocycles. The number of hydrogen-bond donors (Lipinski definition) is 0. The molecule has 1 amide bonds. The van der Waals surface area contributed by atoms with Gasteiger partial charge in [-0.15, -0.1) is 0 Å². The standard InChI is InChI=1S/C20H26N6O/c1-24-9-7-15-14(12-24)11-21-19(22-15)17-4-3-8-26(17)20(27)18-10-16(13-5-6-13)23-25(18)2/h10-11,13,17H,3-9,12H2,1-2H3/t17-/m1/s1. The zero-order valence-corrected chi connectivity index (χ0v) is 16.1. The van der Waals surface area contributed by atoms with Crippen molar-refractivity contribution in [3.8, 4) is 0 Å². The van der Waals surface area contributed by atoms with Gasteiger partial charge >= 0.3 is 0 Å². The molecular weight excluding hydrogens is 340 g/mol. The lowest BCUT2D eigenvalue weighted by molar-refractivity contribution is 0.0718. The molecule has 0 N–H and O–H groups in total. The highest BCUT2D eigenvalue weighted by molar-refractivity contribution is 5.93. The lowest BCUT2D eigenvalue weighted by Crippen LogP contribution is -2.33. The van der Waals surface area contributed by atoms with Gasteiger partial charge in [0.15, 0.2) is 5.82 Å². The number of nitrogens with zero attached hydrogens (tertiary/aromatic N) is 6. The molecule has 0 bridgehead atoms. The first-order valence-electron chi connectivity index (χ1n) is 9.98. The topological polar surface area (TPSA) is 67.2 Å². The number of aryl methyl sites for hydroxylation is 1. The van der Waals surface area contributed by atoms with Crippen LogP contribution in [0.1, 0.15) is 70.9 Å². The van der Waals surface area contributed by atoms with Crippen molar-refractivity contribution < 1.29 is 4.79 Å². The number of likely N-dealkylation sites (tertiary alicyclic amines) is 1. The van der Waals surface area contributed by atoms with Crippen LogP contribution in [0.2, 0.25) is 0 Å². The fraction of sp³-hybridized carbons (Fsp3) is 0.600. The van der Waals surface area contributed by atoms with Crippen molar-refractivity contribution in [2.75, 3.05) is 20.1 Å². The minimum absolute atomic E-state index is 0.0262. The summed E-state index contributed by atoms with van der Waals surface area (Å²) in [4.78, 5) is 27.0. The van der Waals surface area contributed by atoms with Crippen LogP contribution in [0.5, 0.6) is 0 Å². The first kappa shape index (κ1) is 16.9. The summed E-state index contributed by atoms with van der Waals surface area (Å²) in [6.45, 7) is 2.69. The normalized spacial score (nSPS) is 22.9. The van der Waals surface area contributed by atoms with Gasteiger partial charge in [-0.3, -0.25) is 9.48 Å². The van der Waals surface area contributed by atoms with Gasteiger partial charge in [-0.05, 0) is 38.8 Å². The quantitative estimate of drug-likeness (QED) is 0.832. The predicted octanol–water partition coefficient (Wildman–Crippen LogP) is 2.05. The molecule has 0 spiro atoms. The van der Waals surface area contributed by atoms with E-state index in [9.17, 15) is 4.79 Å². The van der Waals surface area contributed by atoms with E-state index in [1.165, 1.54) is 18.4 Å². The Hall–Kier alpha value is -2.28. The van der Waals surface area contributed by atoms with Crippen molar-refractivity contribution in [2.24, 2.45) is 7.05 Å². The molecular formula is C20H26N6O. The molecule has 0 unspecified atom stereocenters. The Morgan fingerprint density at radius 1 is 1.19 bits per heavy atom. The molecule has 142 valence electrons. The average Bonchev–Trinajstić information content (AvgIpc) is 3.27. The van der Waals surface area contributed by atoms with Crippen LogP contribution in [0.15, 0.2) is 12.3 Å². The van der Waals surface area contributed by atoms with Crippen molar-refractivity contribution in [1.29, 1.82) is 0 Å². The summed E-state index contributed by atoms with van der Waals surface area (Å²) in [6, 6.07) is 1.96. The third-order valence-corrected chi connectivity index (χ3v) is 6.07. The maximum Gasteiger partial charge on any atom is 0.272 e. The predicted molar refractivity (Wildman–Crippen MR) is 100 cm³/mol. The summed E-state index contributed by atoms with van der Waals surface area (Å²) in [5.74, 6) is 1.41. The van der Waals surface area contributed by atoms with E-state index in [1.54, 1.807) is 4.68 Å². The van der Waals surface area contributed by atoms with E-state index in [4.69, 9.17) is 4.98 Å². The van der Waals surface area contributed by atoms with Crippen molar-refractivity contribution in [3.05, 3.63) is 40.7 Å². The lowest BCUT2D eigenvalue weighted by atomic mass is 10.1. The molecule has 2 fully saturated rings. The number of likely N-dealkylation sites (N-methyl/N-ethyl adjacent to an activating group) is 1. The van der Waals surface area contributed by atoms with Gasteiger partial charge in [0.1, 0.15) is 5.69 Å². The fourth-order valence-electron chi connectivity index (χ4n) is 4.33. The van der Waals surface area contributed by atoms with Crippen LogP contribution in [0, 0.1) is 0 Å². The zero-order chi connectivity index (χ0) is 18.5. The number of rotatable bonds is 3. The van der Waals surface area contributed by atoms with Crippen molar-refractivity contribution in [3.63, 3.8) is 0 Å². The second-order valence-electron chi connectivity index (χ2n) is 8.20. The average molecular weight is 366 g/mol. The van der Waals surface area contributed by atoms with Crippen LogP contribution < -0.4 is 0 Å². The van der Waals surface area contributed by atoms with Crippen LogP contribution >= 0.6 is 0 Å². The monoisotopic (exact) mass is 366 g/mol. The molecule has 2 aromatic rings. The van der Waals surface area contributed by atoms with Crippen molar-refractivity contribution in [2.45, 2.75) is 50.6 Å². The number of hydrogen-bond acceptors (Lipinski definition) is 5. The van der Waals surface area contributed by atoms with E-state index in [0.29, 0.717) is 11.6 Å². The smallest absolute Gasteiger partial charge is 0.272 e. The largest absolute Gasteiger partial charge is 0.327 e. The van der Waals surface area contributed by atoms with Gasteiger partial charge in [-0.1, -0.05) is 0 Å². The first-order chi connectivity index (χ1) is 13.1. The number of carbonyl (C=O) groups is 1. The molecule has 1 saturated carbocycles. The SMILES string of the molecule is CN1CCc2nc([C@H]3CCCN3C(=O)c3cc(C4CC4)nn3C)ncc2C1. The van der Waals surface area contributed by atoms with Crippen LogP contribution in [0.25, 0.3) is 0 Å². The summed E-state index contributed by atoms with van der Waals surface area (Å²) in [5, 5.41) is 4.56. The summed E-state index contributed by atoms with van der Waals surface area (Å²) >= 11 is 0. The van der Waals surface area contributed by atoms with Gasteiger partial charge in [-0.2, -0.15) is 5.10 Å². The van der Waals surface area contributed by atoms with Gasteiger partial charge in [-0.25, -0.2) is 9.97 Å². The third-order valence-electron chi connectivity index (χ3n) is 6.07. The lowest BCUT2D eigenvalue weighted by Gasteiger charge is -2.27. The summed E-state index contributed by atoms with van der Waals surface area (Å²) in [5.41, 5.74) is 4.10. The molecule has 0 radical (unpaired) electrons. The molecule has 3 aliphatic rings. The Bertz CT molecular complexity index is 887. The number of carbonyl (C=O) groups excluding carboxylic acids is 1. The molecule has 1 saturated heterocycles. The number of aromatic nitrogens is 4. The summed E-state index contributed by atoms with van der Waals surface area (Å²) in [7, 11) is 3.99. The molecule has 7 heteroatoms. The first-order valence-corrected chi connectivity index (χ1v) is 9.98. The second kappa shape index (κ2) is 6.41. The van der Waals surface area contributed by atoms with E-state index in [0.717, 1.165) is 56.1 Å². The summed E-state index contributed by atoms with van der Waals surface area (Å²) < 4.78 is 1.74. The third kappa shape index (κ3) is 3.04. The minimum Gasteiger partial charge on any atom is -0.327 e.